The number of hydrogen-bond acceptors (Lipinski definition) is 5. The van der Waals surface area contributed by atoms with Gasteiger partial charge in [0.15, 0.2) is 14.9 Å². The number of sulfone groups is 1. The highest BCUT2D eigenvalue weighted by molar-refractivity contribution is 7.90. The fourth-order valence-corrected chi connectivity index (χ4v) is 3.73. The lowest BCUT2D eigenvalue weighted by Gasteiger charge is -2.17. The van der Waals surface area contributed by atoms with Crippen molar-refractivity contribution in [2.45, 2.75) is 24.7 Å². The molecule has 3 aromatic rings. The van der Waals surface area contributed by atoms with Crippen LogP contribution in [0.3, 0.4) is 0 Å². The van der Waals surface area contributed by atoms with Crippen LogP contribution in [0.25, 0.3) is 0 Å². The molecule has 0 bridgehead atoms. The van der Waals surface area contributed by atoms with Crippen molar-refractivity contribution in [3.63, 3.8) is 0 Å². The number of rotatable bonds is 6. The van der Waals surface area contributed by atoms with E-state index in [9.17, 15) is 12.8 Å². The SMILES string of the molecule is Cc1[nH]c(C(OCc2ccnn2C)c2ccc(F)c(Cl)c2)nc1S(C)(=O)=O. The van der Waals surface area contributed by atoms with Gasteiger partial charge in [0.25, 0.3) is 0 Å². The third kappa shape index (κ3) is 4.20. The molecule has 2 aromatic heterocycles. The lowest BCUT2D eigenvalue weighted by atomic mass is 10.1. The molecule has 0 saturated heterocycles. The molecule has 10 heteroatoms. The predicted molar refractivity (Wildman–Crippen MR) is 97.7 cm³/mol. The Hall–Kier alpha value is -2.23. The summed E-state index contributed by atoms with van der Waals surface area (Å²) in [5.41, 5.74) is 1.74. The summed E-state index contributed by atoms with van der Waals surface area (Å²) >= 11 is 5.91. The summed E-state index contributed by atoms with van der Waals surface area (Å²) in [5.74, 6) is -0.268. The molecule has 27 heavy (non-hydrogen) atoms. The molecule has 1 unspecified atom stereocenters. The first-order valence-electron chi connectivity index (χ1n) is 7.97. The highest BCUT2D eigenvalue weighted by Gasteiger charge is 2.24. The van der Waals surface area contributed by atoms with Crippen molar-refractivity contribution in [1.29, 1.82) is 0 Å². The van der Waals surface area contributed by atoms with E-state index >= 15 is 0 Å². The van der Waals surface area contributed by atoms with Gasteiger partial charge in [-0.15, -0.1) is 0 Å². The van der Waals surface area contributed by atoms with Crippen LogP contribution in [0.4, 0.5) is 4.39 Å². The van der Waals surface area contributed by atoms with Gasteiger partial charge in [0, 0.05) is 19.5 Å². The van der Waals surface area contributed by atoms with E-state index in [1.807, 2.05) is 0 Å². The molecule has 0 spiro atoms. The molecule has 7 nitrogen and oxygen atoms in total. The summed E-state index contributed by atoms with van der Waals surface area (Å²) in [6, 6.07) is 5.98. The van der Waals surface area contributed by atoms with Gasteiger partial charge in [-0.2, -0.15) is 5.10 Å². The zero-order chi connectivity index (χ0) is 19.8. The van der Waals surface area contributed by atoms with Crippen molar-refractivity contribution >= 4 is 21.4 Å². The minimum atomic E-state index is -3.51. The van der Waals surface area contributed by atoms with Crippen LogP contribution in [0.1, 0.15) is 28.9 Å². The maximum absolute atomic E-state index is 13.6. The van der Waals surface area contributed by atoms with E-state index in [0.717, 1.165) is 11.9 Å². The van der Waals surface area contributed by atoms with E-state index in [2.05, 4.69) is 15.1 Å². The van der Waals surface area contributed by atoms with Crippen molar-refractivity contribution in [3.05, 3.63) is 64.1 Å². The van der Waals surface area contributed by atoms with Gasteiger partial charge >= 0.3 is 0 Å². The molecule has 3 rings (SSSR count). The predicted octanol–water partition coefficient (Wildman–Crippen LogP) is 2.95. The first-order valence-corrected chi connectivity index (χ1v) is 10.2. The molecule has 0 amide bonds. The van der Waals surface area contributed by atoms with E-state index in [-0.39, 0.29) is 22.5 Å². The van der Waals surface area contributed by atoms with Gasteiger partial charge in [-0.25, -0.2) is 17.8 Å². The van der Waals surface area contributed by atoms with Crippen LogP contribution in [0.5, 0.6) is 0 Å². The third-order valence-electron chi connectivity index (χ3n) is 4.02. The summed E-state index contributed by atoms with van der Waals surface area (Å²) in [4.78, 5) is 7.16. The number of benzene rings is 1. The molecule has 0 fully saturated rings. The molecular weight excluding hydrogens is 395 g/mol. The Labute approximate surface area is 161 Å². The largest absolute Gasteiger partial charge is 0.359 e. The minimum Gasteiger partial charge on any atom is -0.359 e. The Morgan fingerprint density at radius 2 is 2.11 bits per heavy atom. The molecule has 0 saturated carbocycles. The second-order valence-electron chi connectivity index (χ2n) is 6.14. The van der Waals surface area contributed by atoms with Crippen LogP contribution in [0.2, 0.25) is 5.02 Å². The van der Waals surface area contributed by atoms with E-state index in [1.54, 1.807) is 30.9 Å². The number of imidazole rings is 1. The summed E-state index contributed by atoms with van der Waals surface area (Å²) in [6.45, 7) is 1.80. The van der Waals surface area contributed by atoms with Crippen LogP contribution in [-0.4, -0.2) is 34.4 Å². The molecule has 0 aliphatic rings. The Morgan fingerprint density at radius 3 is 2.67 bits per heavy atom. The molecule has 2 heterocycles. The summed E-state index contributed by atoms with van der Waals surface area (Å²) in [6.07, 6.45) is 1.95. The maximum atomic E-state index is 13.6. The van der Waals surface area contributed by atoms with Gasteiger partial charge < -0.3 is 9.72 Å². The smallest absolute Gasteiger partial charge is 0.194 e. The van der Waals surface area contributed by atoms with Crippen LogP contribution in [0, 0.1) is 12.7 Å². The van der Waals surface area contributed by atoms with Gasteiger partial charge in [-0.05, 0) is 30.7 Å². The van der Waals surface area contributed by atoms with Crippen LogP contribution < -0.4 is 0 Å². The van der Waals surface area contributed by atoms with Crippen LogP contribution in [0.15, 0.2) is 35.5 Å². The normalized spacial score (nSPS) is 13.1. The number of ether oxygens (including phenoxy) is 1. The number of halogens is 2. The lowest BCUT2D eigenvalue weighted by molar-refractivity contribution is 0.0573. The van der Waals surface area contributed by atoms with Gasteiger partial charge in [-0.1, -0.05) is 17.7 Å². The van der Waals surface area contributed by atoms with E-state index in [1.165, 1.54) is 18.2 Å². The summed E-state index contributed by atoms with van der Waals surface area (Å²) < 4.78 is 45.0. The zero-order valence-electron chi connectivity index (χ0n) is 14.9. The van der Waals surface area contributed by atoms with Crippen molar-refractivity contribution in [3.8, 4) is 0 Å². The number of nitrogens with one attached hydrogen (secondary N) is 1. The maximum Gasteiger partial charge on any atom is 0.194 e. The van der Waals surface area contributed by atoms with Crippen molar-refractivity contribution in [2.24, 2.45) is 7.05 Å². The quantitative estimate of drug-likeness (QED) is 0.672. The molecule has 1 N–H and O–H groups in total. The minimum absolute atomic E-state index is 0.0557. The van der Waals surface area contributed by atoms with Gasteiger partial charge in [0.2, 0.25) is 0 Å². The molecule has 1 atom stereocenters. The van der Waals surface area contributed by atoms with Gasteiger partial charge in [0.1, 0.15) is 17.7 Å². The van der Waals surface area contributed by atoms with E-state index in [4.69, 9.17) is 16.3 Å². The number of H-pyrrole nitrogens is 1. The van der Waals surface area contributed by atoms with E-state index < -0.39 is 21.8 Å². The third-order valence-corrected chi connectivity index (χ3v) is 5.41. The number of hydrogen-bond donors (Lipinski definition) is 1. The average molecular weight is 413 g/mol. The fraction of sp³-hybridized carbons (Fsp3) is 0.294. The first-order chi connectivity index (χ1) is 12.7. The second kappa shape index (κ2) is 7.41. The monoisotopic (exact) mass is 412 g/mol. The highest BCUT2D eigenvalue weighted by atomic mass is 35.5. The zero-order valence-corrected chi connectivity index (χ0v) is 16.5. The summed E-state index contributed by atoms with van der Waals surface area (Å²) in [7, 11) is -1.73. The van der Waals surface area contributed by atoms with Crippen molar-refractivity contribution in [2.75, 3.05) is 6.26 Å². The second-order valence-corrected chi connectivity index (χ2v) is 8.47. The average Bonchev–Trinajstić information content (AvgIpc) is 3.17. The molecule has 0 aliphatic carbocycles. The van der Waals surface area contributed by atoms with Gasteiger partial charge in [0.05, 0.1) is 23.0 Å². The fourth-order valence-electron chi connectivity index (χ4n) is 2.67. The van der Waals surface area contributed by atoms with Crippen LogP contribution >= 0.6 is 11.6 Å². The first kappa shape index (κ1) is 19.5. The molecule has 0 aliphatic heterocycles. The highest BCUT2D eigenvalue weighted by Crippen LogP contribution is 2.30. The van der Waals surface area contributed by atoms with Crippen LogP contribution in [-0.2, 0) is 28.2 Å². The summed E-state index contributed by atoms with van der Waals surface area (Å²) in [5, 5.41) is 3.96. The lowest BCUT2D eigenvalue weighted by Crippen LogP contribution is -2.11. The van der Waals surface area contributed by atoms with Gasteiger partial charge in [-0.3, -0.25) is 4.68 Å². The Bertz CT molecular complexity index is 1080. The standard InChI is InChI=1S/C17H18ClFN4O3S/c1-10-17(27(3,24)25)22-16(21-10)15(11-4-5-14(19)13(18)8-11)26-9-12-6-7-20-23(12)2/h4-8,15H,9H2,1-3H3,(H,21,22). The van der Waals surface area contributed by atoms with Crippen molar-refractivity contribution in [1.82, 2.24) is 19.7 Å². The molecule has 144 valence electrons. The Balaban J connectivity index is 2.01. The Kier molecular flexibility index (Phi) is 5.36. The van der Waals surface area contributed by atoms with Crippen molar-refractivity contribution < 1.29 is 17.5 Å². The Morgan fingerprint density at radius 1 is 1.37 bits per heavy atom. The number of aromatic nitrogens is 4. The van der Waals surface area contributed by atoms with E-state index in [0.29, 0.717) is 11.3 Å². The molecule has 1 aromatic carbocycles. The molecule has 0 radical (unpaired) electrons. The number of nitrogens with zero attached hydrogens (tertiary/aromatic N) is 3. The number of aryl methyl sites for hydroxylation is 2. The topological polar surface area (TPSA) is 89.9 Å². The molecular formula is C17H18ClFN4O3S. The number of aromatic amines is 1.